The Morgan fingerprint density at radius 3 is 2.75 bits per heavy atom. The molecule has 5 nitrogen and oxygen atoms in total. The minimum atomic E-state index is 1.18. The van der Waals surface area contributed by atoms with Crippen LogP contribution in [0.15, 0.2) is 42.7 Å². The van der Waals surface area contributed by atoms with Crippen LogP contribution in [0.4, 0.5) is 0 Å². The lowest BCUT2D eigenvalue weighted by molar-refractivity contribution is -0.343. The zero-order valence-electron chi connectivity index (χ0n) is 8.38. The molecule has 16 heavy (non-hydrogen) atoms. The Labute approximate surface area is 91.2 Å². The van der Waals surface area contributed by atoms with Crippen molar-refractivity contribution in [2.24, 2.45) is 0 Å². The van der Waals surface area contributed by atoms with Crippen LogP contribution in [0.5, 0.6) is 0 Å². The smallest absolute Gasteiger partial charge is 0.220 e. The van der Waals surface area contributed by atoms with Gasteiger partial charge in [0.15, 0.2) is 6.20 Å². The zero-order chi connectivity index (χ0) is 11.4. The van der Waals surface area contributed by atoms with Crippen LogP contribution in [-0.4, -0.2) is 4.98 Å². The summed E-state index contributed by atoms with van der Waals surface area (Å²) in [6.45, 7) is 0. The number of aromatic amines is 2. The number of fused-ring (bicyclic) bond motifs is 3. The zero-order valence-corrected chi connectivity index (χ0v) is 8.38. The average molecular weight is 211 g/mol. The third kappa shape index (κ3) is 1.67. The van der Waals surface area contributed by atoms with Crippen molar-refractivity contribution in [3.05, 3.63) is 58.7 Å². The number of aromatic nitrogens is 2. The Morgan fingerprint density at radius 2 is 1.94 bits per heavy atom. The summed E-state index contributed by atoms with van der Waals surface area (Å²) in [5.41, 5.74) is 15.9. The molecular formula is C11H9N5. The maximum Gasteiger partial charge on any atom is 0.220 e. The van der Waals surface area contributed by atoms with Gasteiger partial charge in [0, 0.05) is 17.6 Å². The second kappa shape index (κ2) is 4.33. The van der Waals surface area contributed by atoms with E-state index in [9.17, 15) is 0 Å². The molecule has 0 amide bonds. The first-order chi connectivity index (χ1) is 7.86. The monoisotopic (exact) mass is 211 g/mol. The van der Waals surface area contributed by atoms with Crippen molar-refractivity contribution < 1.29 is 4.98 Å². The van der Waals surface area contributed by atoms with E-state index >= 15 is 0 Å². The molecule has 2 heterocycles. The summed E-state index contributed by atoms with van der Waals surface area (Å²) in [4.78, 5) is 7.95. The summed E-state index contributed by atoms with van der Waals surface area (Å²) >= 11 is 0. The highest BCUT2D eigenvalue weighted by Crippen LogP contribution is 2.19. The van der Waals surface area contributed by atoms with Gasteiger partial charge in [0.2, 0.25) is 5.52 Å². The van der Waals surface area contributed by atoms with Crippen LogP contribution in [0, 0.1) is 0 Å². The number of hydrogen-bond acceptors (Lipinski definition) is 0. The number of benzene rings is 1. The van der Waals surface area contributed by atoms with Gasteiger partial charge in [-0.3, -0.25) is 4.91 Å². The number of hydrogen-bond donors (Lipinski definition) is 1. The summed E-state index contributed by atoms with van der Waals surface area (Å²) in [7, 11) is 0. The van der Waals surface area contributed by atoms with E-state index in [2.05, 4.69) is 34.2 Å². The first kappa shape index (κ1) is 10.0. The molecule has 1 aromatic carbocycles. The van der Waals surface area contributed by atoms with Gasteiger partial charge in [-0.15, -0.1) is 0 Å². The van der Waals surface area contributed by atoms with E-state index in [-0.39, 0.29) is 0 Å². The second-order valence-corrected chi connectivity index (χ2v) is 3.23. The summed E-state index contributed by atoms with van der Waals surface area (Å²) in [5.74, 6) is 0. The molecule has 0 saturated carbocycles. The molecule has 0 aliphatic heterocycles. The molecule has 0 aliphatic carbocycles. The van der Waals surface area contributed by atoms with Crippen LogP contribution in [0.3, 0.4) is 0 Å². The van der Waals surface area contributed by atoms with Crippen molar-refractivity contribution in [3.8, 4) is 0 Å². The van der Waals surface area contributed by atoms with Gasteiger partial charge < -0.3 is 16.0 Å². The van der Waals surface area contributed by atoms with Crippen molar-refractivity contribution >= 4 is 21.8 Å². The maximum absolute atomic E-state index is 6.75. The number of H-pyrrole nitrogens is 2. The number of rotatable bonds is 0. The number of pyridine rings is 1. The molecule has 0 atom stereocenters. The van der Waals surface area contributed by atoms with E-state index < -0.39 is 0 Å². The van der Waals surface area contributed by atoms with Crippen LogP contribution >= 0.6 is 0 Å². The van der Waals surface area contributed by atoms with Crippen molar-refractivity contribution in [1.29, 1.82) is 0 Å². The largest absolute Gasteiger partial charge is 0.373 e. The van der Waals surface area contributed by atoms with Crippen LogP contribution in [0.1, 0.15) is 0 Å². The van der Waals surface area contributed by atoms with Crippen molar-refractivity contribution in [2.75, 3.05) is 0 Å². The first-order valence-corrected chi connectivity index (χ1v) is 4.72. The molecule has 0 aliphatic rings. The predicted octanol–water partition coefficient (Wildman–Crippen LogP) is 3.00. The first-order valence-electron chi connectivity index (χ1n) is 4.72. The molecule has 0 saturated heterocycles. The van der Waals surface area contributed by atoms with Crippen LogP contribution in [-0.2, 0) is 0 Å². The van der Waals surface area contributed by atoms with E-state index in [1.165, 1.54) is 26.7 Å². The fraction of sp³-hybridized carbons (Fsp3) is 0. The summed E-state index contributed by atoms with van der Waals surface area (Å²) < 4.78 is 0. The van der Waals surface area contributed by atoms with Crippen LogP contribution in [0.25, 0.3) is 37.8 Å². The van der Waals surface area contributed by atoms with Crippen LogP contribution in [0.2, 0.25) is 0 Å². The van der Waals surface area contributed by atoms with Gasteiger partial charge in [-0.25, -0.2) is 4.98 Å². The van der Waals surface area contributed by atoms with Gasteiger partial charge in [-0.1, -0.05) is 0 Å². The Kier molecular flexibility index (Phi) is 2.71. The lowest BCUT2D eigenvalue weighted by Crippen LogP contribution is -2.00. The van der Waals surface area contributed by atoms with Crippen LogP contribution < -0.4 is 4.98 Å². The third-order valence-electron chi connectivity index (χ3n) is 2.37. The molecule has 0 unspecified atom stereocenters. The molecule has 2 N–H and O–H groups in total. The van der Waals surface area contributed by atoms with Crippen molar-refractivity contribution in [1.82, 2.24) is 4.98 Å². The van der Waals surface area contributed by atoms with E-state index in [1.807, 2.05) is 18.5 Å². The van der Waals surface area contributed by atoms with Gasteiger partial charge in [0.05, 0.1) is 10.9 Å². The minimum absolute atomic E-state index is 1.18. The topological polar surface area (TPSA) is 88.6 Å². The quantitative estimate of drug-likeness (QED) is 0.336. The Bertz CT molecular complexity index is 649. The highest BCUT2D eigenvalue weighted by molar-refractivity contribution is 6.01. The Balaban J connectivity index is 0.000000292. The van der Waals surface area contributed by atoms with Gasteiger partial charge >= 0.3 is 0 Å². The fourth-order valence-corrected chi connectivity index (χ4v) is 1.73. The maximum atomic E-state index is 6.75. The summed E-state index contributed by atoms with van der Waals surface area (Å²) in [6.07, 6.45) is 3.92. The van der Waals surface area contributed by atoms with Gasteiger partial charge in [-0.2, -0.15) is 0 Å². The molecule has 3 rings (SSSR count). The third-order valence-corrected chi connectivity index (χ3v) is 2.37. The fourth-order valence-electron chi connectivity index (χ4n) is 1.73. The molecule has 0 radical (unpaired) electrons. The molecule has 0 spiro atoms. The van der Waals surface area contributed by atoms with Gasteiger partial charge in [-0.05, 0) is 24.3 Å². The van der Waals surface area contributed by atoms with Gasteiger partial charge in [0.1, 0.15) is 0 Å². The SMILES string of the molecule is [N-]=[N+]=[N-].c1c[nH+]c2c(c1)ccc1[nH]ccc12. The second-order valence-electron chi connectivity index (χ2n) is 3.23. The normalized spacial score (nSPS) is 9.50. The lowest BCUT2D eigenvalue weighted by atomic mass is 10.1. The highest BCUT2D eigenvalue weighted by atomic mass is 15.0. The number of nitrogens with one attached hydrogen (secondary N) is 2. The van der Waals surface area contributed by atoms with E-state index in [0.717, 1.165) is 0 Å². The molecular weight excluding hydrogens is 202 g/mol. The van der Waals surface area contributed by atoms with Crippen molar-refractivity contribution in [2.45, 2.75) is 0 Å². The van der Waals surface area contributed by atoms with E-state index in [0.29, 0.717) is 0 Å². The summed E-state index contributed by atoms with van der Waals surface area (Å²) in [5, 5.41) is 2.49. The molecule has 3 aromatic rings. The lowest BCUT2D eigenvalue weighted by Gasteiger charge is -1.91. The Hall–Kier alpha value is -2.52. The number of nitrogens with zero attached hydrogens (tertiary/aromatic N) is 3. The standard InChI is InChI=1S/C11H8N2.N3/c1-2-8-3-4-10-9(5-7-12-10)11(8)13-6-1;1-3-2/h1-7,12H;/q;-1/p+1. The minimum Gasteiger partial charge on any atom is -0.373 e. The molecule has 5 heteroatoms. The molecule has 2 aromatic heterocycles. The molecule has 0 bridgehead atoms. The summed E-state index contributed by atoms with van der Waals surface area (Å²) in [6, 6.07) is 10.4. The molecule has 78 valence electrons. The highest BCUT2D eigenvalue weighted by Gasteiger charge is 2.04. The van der Waals surface area contributed by atoms with Gasteiger partial charge in [0.25, 0.3) is 0 Å². The van der Waals surface area contributed by atoms with Crippen molar-refractivity contribution in [3.63, 3.8) is 0 Å². The van der Waals surface area contributed by atoms with E-state index in [4.69, 9.17) is 11.1 Å². The predicted molar refractivity (Wildman–Crippen MR) is 62.4 cm³/mol. The van der Waals surface area contributed by atoms with E-state index in [1.54, 1.807) is 0 Å². The average Bonchev–Trinajstić information content (AvgIpc) is 2.78. The molecule has 0 fully saturated rings. The Morgan fingerprint density at radius 1 is 1.12 bits per heavy atom.